The predicted octanol–water partition coefficient (Wildman–Crippen LogP) is 27.5. The van der Waals surface area contributed by atoms with Crippen LogP contribution in [-0.4, -0.2) is 21.1 Å². The number of hydrogen-bond acceptors (Lipinski definition) is 8. The van der Waals surface area contributed by atoms with Gasteiger partial charge in [-0.3, -0.25) is 0 Å². The van der Waals surface area contributed by atoms with E-state index in [-0.39, 0.29) is 0 Å². The SMILES string of the molecule is CN(c1ccc(C#N)cc1)c1ccc(N(c2cccc(-c3ccccc3)c2)c2cccc(-c3ccccc3)c2)cc1.CN(c1ccc(N(c2cccc(-c3ccccc3)c2)c2cccc(-c3ccccc3)c2)cc1)c1cccc(C#N)c1.Cc1ccc(N(c2ccccc2)c2ccc(N(C)c3ccccc3)cc2)cc1. The first kappa shape index (κ1) is 72.3. The Morgan fingerprint density at radius 3 is 0.700 bits per heavy atom. The summed E-state index contributed by atoms with van der Waals surface area (Å²) in [6.07, 6.45) is 0. The Bertz CT molecular complexity index is 5550. The van der Waals surface area contributed by atoms with Gasteiger partial charge in [-0.25, -0.2) is 0 Å². The minimum Gasteiger partial charge on any atom is -0.345 e. The third-order valence-electron chi connectivity index (χ3n) is 19.5. The molecular weight excluding hydrogens is 1340 g/mol. The standard InChI is InChI=1S/2C38H29N3.C26H24N2/c1-40(36-18-8-11-29(25-36)28-39)34-21-23-35(24-22-34)41(37-19-9-16-32(26-37)30-12-4-2-5-13-30)38-20-10-17-33(27-38)31-14-6-3-7-15-31;1-40(34-20-18-29(28-39)19-21-34)35-22-24-36(25-23-35)41(37-16-8-14-32(26-37)30-10-4-2-5-11-30)38-17-9-15-33(27-38)31-12-6-3-7-13-31;1-21-13-15-25(16-14-21)28(24-11-7-4-8-12-24)26-19-17-23(18-20-26)27(2)22-9-5-3-6-10-22/h2*2-27H,1H3;3-20H,1-2H3. The molecule has 0 spiro atoms. The molecule has 0 unspecified atom stereocenters. The van der Waals surface area contributed by atoms with Crippen molar-refractivity contribution in [1.82, 2.24) is 0 Å². The third-order valence-corrected chi connectivity index (χ3v) is 19.5. The van der Waals surface area contributed by atoms with Crippen LogP contribution in [0.15, 0.2) is 425 Å². The van der Waals surface area contributed by atoms with Crippen LogP contribution in [0, 0.1) is 29.6 Å². The lowest BCUT2D eigenvalue weighted by Crippen LogP contribution is -2.12. The van der Waals surface area contributed by atoms with Crippen molar-refractivity contribution in [3.63, 3.8) is 0 Å². The van der Waals surface area contributed by atoms with E-state index in [1.165, 1.54) is 55.8 Å². The maximum atomic E-state index is 9.34. The van der Waals surface area contributed by atoms with Gasteiger partial charge in [0.1, 0.15) is 0 Å². The first-order chi connectivity index (χ1) is 54.1. The number of nitriles is 2. The highest BCUT2D eigenvalue weighted by Crippen LogP contribution is 2.43. The van der Waals surface area contributed by atoms with Gasteiger partial charge in [-0.05, 0) is 252 Å². The summed E-state index contributed by atoms with van der Waals surface area (Å²) in [6, 6.07) is 152. The highest BCUT2D eigenvalue weighted by Gasteiger charge is 2.20. The van der Waals surface area contributed by atoms with Gasteiger partial charge in [-0.1, -0.05) is 230 Å². The normalized spacial score (nSPS) is 10.5. The molecule has 0 radical (unpaired) electrons. The summed E-state index contributed by atoms with van der Waals surface area (Å²) in [6.45, 7) is 2.12. The van der Waals surface area contributed by atoms with Crippen molar-refractivity contribution in [2.24, 2.45) is 0 Å². The number of para-hydroxylation sites is 2. The fraction of sp³-hybridized carbons (Fsp3) is 0.0392. The second kappa shape index (κ2) is 34.9. The Morgan fingerprint density at radius 2 is 0.382 bits per heavy atom. The predicted molar refractivity (Wildman–Crippen MR) is 463 cm³/mol. The average molecular weight is 1420 g/mol. The Hall–Kier alpha value is -14.7. The van der Waals surface area contributed by atoms with Gasteiger partial charge in [0.25, 0.3) is 0 Å². The molecule has 16 rings (SSSR count). The highest BCUT2D eigenvalue weighted by atomic mass is 15.2. The van der Waals surface area contributed by atoms with E-state index in [1.807, 2.05) is 93.0 Å². The molecule has 0 saturated carbocycles. The molecule has 0 amide bonds. The van der Waals surface area contributed by atoms with E-state index < -0.39 is 0 Å². The largest absolute Gasteiger partial charge is 0.345 e. The van der Waals surface area contributed by atoms with Gasteiger partial charge in [-0.15, -0.1) is 0 Å². The van der Waals surface area contributed by atoms with E-state index in [0.29, 0.717) is 11.1 Å². The van der Waals surface area contributed by atoms with Gasteiger partial charge in [-0.2, -0.15) is 10.5 Å². The van der Waals surface area contributed by atoms with Crippen molar-refractivity contribution < 1.29 is 0 Å². The monoisotopic (exact) mass is 1420 g/mol. The van der Waals surface area contributed by atoms with Gasteiger partial charge in [0, 0.05) is 106 Å². The summed E-state index contributed by atoms with van der Waals surface area (Å²) in [5, 5.41) is 18.5. The van der Waals surface area contributed by atoms with E-state index in [2.05, 4.69) is 401 Å². The summed E-state index contributed by atoms with van der Waals surface area (Å²) < 4.78 is 0. The molecule has 8 heteroatoms. The highest BCUT2D eigenvalue weighted by molar-refractivity contribution is 5.86. The maximum Gasteiger partial charge on any atom is 0.0992 e. The Labute approximate surface area is 647 Å². The maximum absolute atomic E-state index is 9.34. The molecule has 0 saturated heterocycles. The van der Waals surface area contributed by atoms with Crippen LogP contribution in [0.4, 0.5) is 85.3 Å². The number of benzene rings is 16. The molecule has 16 aromatic carbocycles. The first-order valence-corrected chi connectivity index (χ1v) is 36.8. The smallest absolute Gasteiger partial charge is 0.0992 e. The second-order valence-corrected chi connectivity index (χ2v) is 26.7. The Balaban J connectivity index is 0.000000140. The van der Waals surface area contributed by atoms with Crippen LogP contribution in [-0.2, 0) is 0 Å². The van der Waals surface area contributed by atoms with Crippen molar-refractivity contribution in [2.45, 2.75) is 6.92 Å². The zero-order valence-electron chi connectivity index (χ0n) is 62.0. The minimum absolute atomic E-state index is 0.647. The topological polar surface area (TPSA) is 67.0 Å². The van der Waals surface area contributed by atoms with Gasteiger partial charge in [0.15, 0.2) is 0 Å². The van der Waals surface area contributed by atoms with Gasteiger partial charge < -0.3 is 29.4 Å². The molecule has 0 atom stereocenters. The fourth-order valence-electron chi connectivity index (χ4n) is 13.6. The van der Waals surface area contributed by atoms with Crippen molar-refractivity contribution in [1.29, 1.82) is 10.5 Å². The van der Waals surface area contributed by atoms with E-state index in [4.69, 9.17) is 5.26 Å². The number of anilines is 15. The first-order valence-electron chi connectivity index (χ1n) is 36.8. The van der Waals surface area contributed by atoms with E-state index in [9.17, 15) is 5.26 Å². The summed E-state index contributed by atoms with van der Waals surface area (Å²) >= 11 is 0. The van der Waals surface area contributed by atoms with Crippen molar-refractivity contribution >= 4 is 85.3 Å². The molecule has 0 fully saturated rings. The third kappa shape index (κ3) is 17.5. The Morgan fingerprint density at radius 1 is 0.173 bits per heavy atom. The van der Waals surface area contributed by atoms with Gasteiger partial charge >= 0.3 is 0 Å². The molecule has 0 aliphatic heterocycles. The van der Waals surface area contributed by atoms with E-state index in [1.54, 1.807) is 0 Å². The van der Waals surface area contributed by atoms with Gasteiger partial charge in [0.2, 0.25) is 0 Å². The van der Waals surface area contributed by atoms with E-state index in [0.717, 1.165) is 79.6 Å². The quantitative estimate of drug-likeness (QED) is 0.0793. The van der Waals surface area contributed by atoms with Crippen molar-refractivity contribution in [3.05, 3.63) is 441 Å². The van der Waals surface area contributed by atoms with Crippen molar-refractivity contribution in [3.8, 4) is 56.6 Å². The van der Waals surface area contributed by atoms with E-state index >= 15 is 0 Å². The van der Waals surface area contributed by atoms with Crippen LogP contribution in [0.25, 0.3) is 44.5 Å². The fourth-order valence-corrected chi connectivity index (χ4v) is 13.6. The van der Waals surface area contributed by atoms with Crippen LogP contribution < -0.4 is 29.4 Å². The van der Waals surface area contributed by atoms with Crippen LogP contribution in [0.5, 0.6) is 0 Å². The summed E-state index contributed by atoms with van der Waals surface area (Å²) in [5.74, 6) is 0. The molecule has 0 heterocycles. The molecule has 0 bridgehead atoms. The van der Waals surface area contributed by atoms with Gasteiger partial charge in [0.05, 0.1) is 23.3 Å². The molecule has 0 N–H and O–H groups in total. The zero-order chi connectivity index (χ0) is 75.4. The minimum atomic E-state index is 0.647. The number of rotatable bonds is 19. The average Bonchev–Trinajstić information content (AvgIpc) is 0.814. The molecule has 0 aliphatic carbocycles. The second-order valence-electron chi connectivity index (χ2n) is 26.7. The van der Waals surface area contributed by atoms with Crippen LogP contribution >= 0.6 is 0 Å². The molecule has 0 aromatic heterocycles. The molecule has 16 aromatic rings. The molecule has 8 nitrogen and oxygen atoms in total. The molecule has 0 aliphatic rings. The number of nitrogens with zero attached hydrogens (tertiary/aromatic N) is 8. The number of hydrogen-bond donors (Lipinski definition) is 0. The van der Waals surface area contributed by atoms with Crippen molar-refractivity contribution in [2.75, 3.05) is 50.5 Å². The van der Waals surface area contributed by atoms with Crippen LogP contribution in [0.2, 0.25) is 0 Å². The Kier molecular flexibility index (Phi) is 22.9. The molecule has 530 valence electrons. The lowest BCUT2D eigenvalue weighted by Gasteiger charge is -2.27. The van der Waals surface area contributed by atoms with Crippen LogP contribution in [0.1, 0.15) is 16.7 Å². The lowest BCUT2D eigenvalue weighted by atomic mass is 10.0. The molecular formula is C102H82N8. The molecule has 110 heavy (non-hydrogen) atoms. The summed E-state index contributed by atoms with van der Waals surface area (Å²) in [5.41, 5.74) is 28.3. The number of aryl methyl sites for hydroxylation is 1. The zero-order valence-corrected chi connectivity index (χ0v) is 62.0. The summed E-state index contributed by atoms with van der Waals surface area (Å²) in [7, 11) is 6.16. The summed E-state index contributed by atoms with van der Waals surface area (Å²) in [4.78, 5) is 13.3. The lowest BCUT2D eigenvalue weighted by molar-refractivity contribution is 1.20. The van der Waals surface area contributed by atoms with Crippen LogP contribution in [0.3, 0.4) is 0 Å².